The standard InChI is InChI=1S/C16H27NO3/c1-16(2,3)20-12-11-19-15-8-6-5-7-14(15)13-17-9-10-18-4/h5-8,17H,9-13H2,1-4H3. The van der Waals surface area contributed by atoms with E-state index < -0.39 is 0 Å². The summed E-state index contributed by atoms with van der Waals surface area (Å²) in [6, 6.07) is 8.06. The molecule has 0 spiro atoms. The molecule has 0 aliphatic rings. The van der Waals surface area contributed by atoms with Gasteiger partial charge in [-0.1, -0.05) is 18.2 Å². The quantitative estimate of drug-likeness (QED) is 0.706. The molecule has 1 aromatic carbocycles. The Kier molecular flexibility index (Phi) is 7.59. The molecule has 0 bridgehead atoms. The van der Waals surface area contributed by atoms with Crippen LogP contribution in [0.1, 0.15) is 26.3 Å². The summed E-state index contributed by atoms with van der Waals surface area (Å²) < 4.78 is 16.5. The summed E-state index contributed by atoms with van der Waals surface area (Å²) in [7, 11) is 1.70. The second kappa shape index (κ2) is 8.95. The third-order valence-electron chi connectivity index (χ3n) is 2.65. The summed E-state index contributed by atoms with van der Waals surface area (Å²) in [4.78, 5) is 0. The van der Waals surface area contributed by atoms with Gasteiger partial charge in [0, 0.05) is 25.8 Å². The molecule has 0 heterocycles. The van der Waals surface area contributed by atoms with Crippen LogP contribution in [0.15, 0.2) is 24.3 Å². The van der Waals surface area contributed by atoms with Crippen molar-refractivity contribution in [2.24, 2.45) is 0 Å². The van der Waals surface area contributed by atoms with Gasteiger partial charge in [-0.25, -0.2) is 0 Å². The summed E-state index contributed by atoms with van der Waals surface area (Å²) in [6.07, 6.45) is 0. The Hall–Kier alpha value is -1.10. The molecule has 0 radical (unpaired) electrons. The molecule has 4 heteroatoms. The Bertz CT molecular complexity index is 374. The number of hydrogen-bond acceptors (Lipinski definition) is 4. The lowest BCUT2D eigenvalue weighted by Gasteiger charge is -2.20. The van der Waals surface area contributed by atoms with Gasteiger partial charge in [0.2, 0.25) is 0 Å². The predicted molar refractivity (Wildman–Crippen MR) is 81.2 cm³/mol. The van der Waals surface area contributed by atoms with Crippen LogP contribution < -0.4 is 10.1 Å². The van der Waals surface area contributed by atoms with E-state index in [9.17, 15) is 0 Å². The number of benzene rings is 1. The van der Waals surface area contributed by atoms with E-state index in [2.05, 4.69) is 11.4 Å². The molecule has 0 aliphatic heterocycles. The Morgan fingerprint density at radius 2 is 1.80 bits per heavy atom. The summed E-state index contributed by atoms with van der Waals surface area (Å²) in [6.45, 7) is 9.60. The van der Waals surface area contributed by atoms with Crippen LogP contribution in [0.3, 0.4) is 0 Å². The first-order chi connectivity index (χ1) is 9.53. The van der Waals surface area contributed by atoms with Gasteiger partial charge in [0.25, 0.3) is 0 Å². The van der Waals surface area contributed by atoms with Crippen molar-refractivity contribution in [2.45, 2.75) is 32.9 Å². The van der Waals surface area contributed by atoms with Gasteiger partial charge in [0.1, 0.15) is 12.4 Å². The van der Waals surface area contributed by atoms with Crippen LogP contribution in [0.25, 0.3) is 0 Å². The van der Waals surface area contributed by atoms with E-state index in [1.165, 1.54) is 0 Å². The molecule has 0 atom stereocenters. The van der Waals surface area contributed by atoms with Gasteiger partial charge in [-0.05, 0) is 26.8 Å². The van der Waals surface area contributed by atoms with Crippen molar-refractivity contribution < 1.29 is 14.2 Å². The Morgan fingerprint density at radius 1 is 1.05 bits per heavy atom. The van der Waals surface area contributed by atoms with E-state index in [-0.39, 0.29) is 5.60 Å². The van der Waals surface area contributed by atoms with Gasteiger partial charge < -0.3 is 19.5 Å². The van der Waals surface area contributed by atoms with E-state index in [1.807, 2.05) is 39.0 Å². The lowest BCUT2D eigenvalue weighted by atomic mass is 10.2. The smallest absolute Gasteiger partial charge is 0.123 e. The number of para-hydroxylation sites is 1. The summed E-state index contributed by atoms with van der Waals surface area (Å²) in [5, 5.41) is 3.32. The highest BCUT2D eigenvalue weighted by atomic mass is 16.5. The van der Waals surface area contributed by atoms with Crippen LogP contribution in [-0.2, 0) is 16.0 Å². The van der Waals surface area contributed by atoms with Crippen molar-refractivity contribution in [3.8, 4) is 5.75 Å². The number of hydrogen-bond donors (Lipinski definition) is 1. The molecule has 4 nitrogen and oxygen atoms in total. The Balaban J connectivity index is 2.37. The first-order valence-electron chi connectivity index (χ1n) is 7.07. The topological polar surface area (TPSA) is 39.7 Å². The van der Waals surface area contributed by atoms with E-state index in [1.54, 1.807) is 7.11 Å². The molecule has 0 fully saturated rings. The normalized spacial score (nSPS) is 11.6. The highest BCUT2D eigenvalue weighted by Gasteiger charge is 2.09. The average Bonchev–Trinajstić information content (AvgIpc) is 2.40. The second-order valence-electron chi connectivity index (χ2n) is 5.59. The zero-order valence-electron chi connectivity index (χ0n) is 13.1. The van der Waals surface area contributed by atoms with E-state index >= 15 is 0 Å². The fourth-order valence-electron chi connectivity index (χ4n) is 1.69. The molecule has 0 saturated heterocycles. The second-order valence-corrected chi connectivity index (χ2v) is 5.59. The maximum atomic E-state index is 5.79. The lowest BCUT2D eigenvalue weighted by Crippen LogP contribution is -2.23. The van der Waals surface area contributed by atoms with Crippen LogP contribution in [-0.4, -0.2) is 39.1 Å². The first-order valence-corrected chi connectivity index (χ1v) is 7.07. The zero-order valence-corrected chi connectivity index (χ0v) is 13.1. The Morgan fingerprint density at radius 3 is 2.50 bits per heavy atom. The van der Waals surface area contributed by atoms with Crippen LogP contribution >= 0.6 is 0 Å². The first kappa shape index (κ1) is 17.0. The van der Waals surface area contributed by atoms with Gasteiger partial charge in [-0.3, -0.25) is 0 Å². The fraction of sp³-hybridized carbons (Fsp3) is 0.625. The number of ether oxygens (including phenoxy) is 3. The molecule has 0 aromatic heterocycles. The van der Waals surface area contributed by atoms with Crippen LogP contribution in [0.5, 0.6) is 5.75 Å². The third-order valence-corrected chi connectivity index (χ3v) is 2.65. The van der Waals surface area contributed by atoms with Crippen LogP contribution in [0, 0.1) is 0 Å². The van der Waals surface area contributed by atoms with Gasteiger partial charge in [-0.15, -0.1) is 0 Å². The molecule has 0 aliphatic carbocycles. The van der Waals surface area contributed by atoms with Crippen molar-refractivity contribution in [3.05, 3.63) is 29.8 Å². The van der Waals surface area contributed by atoms with Crippen LogP contribution in [0.2, 0.25) is 0 Å². The van der Waals surface area contributed by atoms with Crippen molar-refractivity contribution in [3.63, 3.8) is 0 Å². The minimum atomic E-state index is -0.120. The molecular formula is C16H27NO3. The van der Waals surface area contributed by atoms with Gasteiger partial charge >= 0.3 is 0 Å². The van der Waals surface area contributed by atoms with Gasteiger partial charge in [0.05, 0.1) is 18.8 Å². The largest absolute Gasteiger partial charge is 0.491 e. The van der Waals surface area contributed by atoms with E-state index in [0.717, 1.165) is 24.4 Å². The summed E-state index contributed by atoms with van der Waals surface area (Å²) >= 11 is 0. The zero-order chi connectivity index (χ0) is 14.8. The third kappa shape index (κ3) is 7.48. The minimum absolute atomic E-state index is 0.120. The predicted octanol–water partition coefficient (Wildman–Crippen LogP) is 2.62. The maximum absolute atomic E-state index is 5.79. The highest BCUT2D eigenvalue weighted by Crippen LogP contribution is 2.17. The molecule has 114 valence electrons. The number of nitrogens with one attached hydrogen (secondary N) is 1. The molecule has 0 unspecified atom stereocenters. The molecule has 0 amide bonds. The SMILES string of the molecule is COCCNCc1ccccc1OCCOC(C)(C)C. The lowest BCUT2D eigenvalue weighted by molar-refractivity contribution is -0.0164. The van der Waals surface area contributed by atoms with Gasteiger partial charge in [0.15, 0.2) is 0 Å². The highest BCUT2D eigenvalue weighted by molar-refractivity contribution is 5.33. The van der Waals surface area contributed by atoms with Crippen LogP contribution in [0.4, 0.5) is 0 Å². The maximum Gasteiger partial charge on any atom is 0.123 e. The summed E-state index contributed by atoms with van der Waals surface area (Å²) in [5.41, 5.74) is 1.03. The molecular weight excluding hydrogens is 254 g/mol. The molecule has 1 aromatic rings. The molecule has 1 rings (SSSR count). The van der Waals surface area contributed by atoms with Crippen molar-refractivity contribution in [2.75, 3.05) is 33.5 Å². The number of methoxy groups -OCH3 is 1. The van der Waals surface area contributed by atoms with E-state index in [4.69, 9.17) is 14.2 Å². The Labute approximate surface area is 122 Å². The van der Waals surface area contributed by atoms with E-state index in [0.29, 0.717) is 19.8 Å². The molecule has 20 heavy (non-hydrogen) atoms. The van der Waals surface area contributed by atoms with Crippen molar-refractivity contribution in [1.82, 2.24) is 5.32 Å². The van der Waals surface area contributed by atoms with Crippen molar-refractivity contribution in [1.29, 1.82) is 0 Å². The number of rotatable bonds is 9. The van der Waals surface area contributed by atoms with Crippen molar-refractivity contribution >= 4 is 0 Å². The summed E-state index contributed by atoms with van der Waals surface area (Å²) in [5.74, 6) is 0.912. The minimum Gasteiger partial charge on any atom is -0.491 e. The molecule has 1 N–H and O–H groups in total. The fourth-order valence-corrected chi connectivity index (χ4v) is 1.69. The monoisotopic (exact) mass is 281 g/mol. The average molecular weight is 281 g/mol. The molecule has 0 saturated carbocycles. The van der Waals surface area contributed by atoms with Gasteiger partial charge in [-0.2, -0.15) is 0 Å².